The third-order valence-electron chi connectivity index (χ3n) is 6.22. The van der Waals surface area contributed by atoms with Crippen LogP contribution in [0.5, 0.6) is 5.75 Å². The third kappa shape index (κ3) is 2.59. The molecule has 0 radical (unpaired) electrons. The second-order valence-corrected chi connectivity index (χ2v) is 10.6. The van der Waals surface area contributed by atoms with Gasteiger partial charge >= 0.3 is 195 Å². The Labute approximate surface area is 194 Å². The van der Waals surface area contributed by atoms with Crippen molar-refractivity contribution >= 4 is 71.7 Å². The summed E-state index contributed by atoms with van der Waals surface area (Å²) in [4.78, 5) is 0. The molecule has 0 bridgehead atoms. The Morgan fingerprint density at radius 2 is 1.77 bits per heavy atom. The molecule has 6 rings (SSSR count). The van der Waals surface area contributed by atoms with Crippen LogP contribution in [-0.4, -0.2) is 36.4 Å². The van der Waals surface area contributed by atoms with Gasteiger partial charge in [0.15, 0.2) is 0 Å². The van der Waals surface area contributed by atoms with E-state index in [1.807, 2.05) is 12.1 Å². The number of rotatable bonds is 2. The zero-order chi connectivity index (χ0) is 21.3. The molecule has 5 heteroatoms. The van der Waals surface area contributed by atoms with Crippen molar-refractivity contribution in [2.24, 2.45) is 7.05 Å². The number of para-hydroxylation sites is 1. The van der Waals surface area contributed by atoms with E-state index in [1.54, 1.807) is 7.11 Å². The Balaban J connectivity index is 1.90. The van der Waals surface area contributed by atoms with Gasteiger partial charge in [-0.15, -0.1) is 0 Å². The molecule has 3 aromatic heterocycles. The van der Waals surface area contributed by atoms with Crippen LogP contribution in [0.4, 0.5) is 0 Å². The van der Waals surface area contributed by atoms with E-state index in [1.165, 1.54) is 25.1 Å². The summed E-state index contributed by atoms with van der Waals surface area (Å²) in [5.41, 5.74) is 5.31. The molecule has 0 saturated carbocycles. The van der Waals surface area contributed by atoms with Gasteiger partial charge in [-0.05, 0) is 0 Å². The molecule has 3 aromatic carbocycles. The van der Waals surface area contributed by atoms with Crippen LogP contribution in [0.3, 0.4) is 0 Å². The monoisotopic (exact) mass is 603 g/mol. The summed E-state index contributed by atoms with van der Waals surface area (Å²) < 4.78 is 17.9. The second kappa shape index (κ2) is 6.80. The number of aryl methyl sites for hydroxylation is 2. The Hall–Kier alpha value is -2.91. The fourth-order valence-corrected chi connectivity index (χ4v) is 5.84. The Bertz CT molecular complexity index is 1660. The molecule has 3 heterocycles. The normalized spacial score (nSPS) is 11.9. The number of methoxy groups -OCH3 is 1. The molecule has 6 aromatic rings. The first-order valence-electron chi connectivity index (χ1n) is 10.3. The molecular formula is C26H22BiN2O2+. The van der Waals surface area contributed by atoms with E-state index < -0.39 is 0 Å². The van der Waals surface area contributed by atoms with Crippen LogP contribution < -0.4 is 12.6 Å². The van der Waals surface area contributed by atoms with Gasteiger partial charge in [0, 0.05) is 0 Å². The standard InChI is InChI=1S/C26H20N2O2.Bi.2H/c1-16-21(29-3)13-12-18-17-8-4-6-10-20(17)28(25(16)18)26-24-19-9-5-7-11-22(19)30-23(24)14-15-27(26)2;;;/h5-15H,1-3H3;;;/q+1;;;. The molecule has 31 heavy (non-hydrogen) atoms. The number of furan rings is 1. The van der Waals surface area contributed by atoms with Crippen molar-refractivity contribution in [3.63, 3.8) is 0 Å². The average molecular weight is 603 g/mol. The predicted octanol–water partition coefficient (Wildman–Crippen LogP) is 4.08. The van der Waals surface area contributed by atoms with Gasteiger partial charge in [0.25, 0.3) is 0 Å². The zero-order valence-corrected chi connectivity index (χ0v) is 22.1. The number of fused-ring (bicyclic) bond motifs is 6. The molecule has 0 aliphatic heterocycles. The van der Waals surface area contributed by atoms with E-state index in [4.69, 9.17) is 9.15 Å². The van der Waals surface area contributed by atoms with Crippen LogP contribution in [0, 0.1) is 6.92 Å². The van der Waals surface area contributed by atoms with Crippen molar-refractivity contribution in [2.75, 3.05) is 7.11 Å². The van der Waals surface area contributed by atoms with E-state index in [2.05, 4.69) is 77.8 Å². The van der Waals surface area contributed by atoms with E-state index >= 15 is 0 Å². The summed E-state index contributed by atoms with van der Waals surface area (Å²) in [7, 11) is 3.84. The fourth-order valence-electron chi connectivity index (χ4n) is 4.82. The number of ether oxygens (including phenoxy) is 1. The molecule has 0 fully saturated rings. The SMILES string of the molecule is COc1ccc2c3c[c]([BiH2])ccc3n(-c3c4c(cc[n+]3C)oc3ccccc34)c2c1C. The van der Waals surface area contributed by atoms with Gasteiger partial charge < -0.3 is 0 Å². The molecule has 0 spiro atoms. The minimum absolute atomic E-state index is 0.796. The van der Waals surface area contributed by atoms with Gasteiger partial charge in [-0.1, -0.05) is 0 Å². The quantitative estimate of drug-likeness (QED) is 0.221. The van der Waals surface area contributed by atoms with Crippen molar-refractivity contribution in [2.45, 2.75) is 6.92 Å². The maximum atomic E-state index is 6.22. The van der Waals surface area contributed by atoms with Crippen LogP contribution in [0.25, 0.3) is 49.6 Å². The molecule has 0 aliphatic rings. The summed E-state index contributed by atoms with van der Waals surface area (Å²) in [6, 6.07) is 21.5. The third-order valence-corrected chi connectivity index (χ3v) is 7.61. The van der Waals surface area contributed by atoms with Crippen molar-refractivity contribution in [1.29, 1.82) is 0 Å². The topological polar surface area (TPSA) is 31.2 Å². The van der Waals surface area contributed by atoms with E-state index in [0.717, 1.165) is 63.8 Å². The van der Waals surface area contributed by atoms with Crippen molar-refractivity contribution in [3.05, 3.63) is 72.4 Å². The fraction of sp³-hybridized carbons (Fsp3) is 0.115. The van der Waals surface area contributed by atoms with Gasteiger partial charge in [0.2, 0.25) is 0 Å². The van der Waals surface area contributed by atoms with Crippen molar-refractivity contribution < 1.29 is 13.7 Å². The molecule has 152 valence electrons. The zero-order valence-electron chi connectivity index (χ0n) is 17.6. The van der Waals surface area contributed by atoms with Crippen molar-refractivity contribution in [3.8, 4) is 11.6 Å². The number of benzene rings is 3. The first kappa shape index (κ1) is 18.8. The summed E-state index contributed by atoms with van der Waals surface area (Å²) >= 11 is 0.796. The molecule has 0 N–H and O–H groups in total. The van der Waals surface area contributed by atoms with E-state index in [0.29, 0.717) is 0 Å². The summed E-state index contributed by atoms with van der Waals surface area (Å²) in [6.45, 7) is 2.15. The van der Waals surface area contributed by atoms with Gasteiger partial charge in [-0.2, -0.15) is 0 Å². The molecule has 0 aliphatic carbocycles. The molecule has 4 nitrogen and oxygen atoms in total. The van der Waals surface area contributed by atoms with Crippen LogP contribution in [0.15, 0.2) is 71.3 Å². The molecule has 0 amide bonds. The minimum atomic E-state index is 0.796. The Morgan fingerprint density at radius 1 is 0.935 bits per heavy atom. The summed E-state index contributed by atoms with van der Waals surface area (Å²) in [5.74, 6) is 2.00. The molecule has 0 atom stereocenters. The van der Waals surface area contributed by atoms with Gasteiger partial charge in [0.05, 0.1) is 0 Å². The van der Waals surface area contributed by atoms with E-state index in [9.17, 15) is 0 Å². The summed E-state index contributed by atoms with van der Waals surface area (Å²) in [5, 5.41) is 4.78. The second-order valence-electron chi connectivity index (χ2n) is 7.99. The number of hydrogen-bond donors (Lipinski definition) is 0. The van der Waals surface area contributed by atoms with Crippen molar-refractivity contribution in [1.82, 2.24) is 4.57 Å². The number of hydrogen-bond acceptors (Lipinski definition) is 2. The number of aromatic nitrogens is 2. The first-order chi connectivity index (χ1) is 15.1. The van der Waals surface area contributed by atoms with Gasteiger partial charge in [-0.25, -0.2) is 0 Å². The number of nitrogens with zero attached hydrogens (tertiary/aromatic N) is 2. The average Bonchev–Trinajstić information content (AvgIpc) is 3.30. The van der Waals surface area contributed by atoms with E-state index in [-0.39, 0.29) is 0 Å². The van der Waals surface area contributed by atoms with Crippen LogP contribution in [-0.2, 0) is 7.05 Å². The van der Waals surface area contributed by atoms with Crippen LogP contribution in [0.1, 0.15) is 5.56 Å². The van der Waals surface area contributed by atoms with Gasteiger partial charge in [0.1, 0.15) is 0 Å². The molecule has 0 saturated heterocycles. The molecular weight excluding hydrogens is 581 g/mol. The first-order valence-corrected chi connectivity index (χ1v) is 12.5. The maximum absolute atomic E-state index is 6.22. The summed E-state index contributed by atoms with van der Waals surface area (Å²) in [6.07, 6.45) is 2.08. The Morgan fingerprint density at radius 3 is 2.61 bits per heavy atom. The molecule has 0 unspecified atom stereocenters. The number of pyridine rings is 1. The predicted molar refractivity (Wildman–Crippen MR) is 129 cm³/mol. The van der Waals surface area contributed by atoms with Gasteiger partial charge in [-0.3, -0.25) is 0 Å². The Kier molecular flexibility index (Phi) is 4.13. The van der Waals surface area contributed by atoms with Crippen LogP contribution >= 0.6 is 0 Å². The van der Waals surface area contributed by atoms with Crippen LogP contribution in [0.2, 0.25) is 0 Å².